The zero-order valence-electron chi connectivity index (χ0n) is 19.0. The number of hydrogen-bond acceptors (Lipinski definition) is 6. The van der Waals surface area contributed by atoms with E-state index in [-0.39, 0.29) is 4.32 Å². The number of carbonyl (C=O) groups excluding carboxylic acids is 2. The van der Waals surface area contributed by atoms with Gasteiger partial charge in [0.15, 0.2) is 15.8 Å². The smallest absolute Gasteiger partial charge is 0.285 e. The van der Waals surface area contributed by atoms with Crippen molar-refractivity contribution in [3.05, 3.63) is 97.8 Å². The molecule has 0 bridgehead atoms. The molecule has 0 atom stereocenters. The van der Waals surface area contributed by atoms with Crippen molar-refractivity contribution in [2.75, 3.05) is 6.61 Å². The maximum Gasteiger partial charge on any atom is 0.285 e. The van der Waals surface area contributed by atoms with E-state index in [1.807, 2.05) is 37.3 Å². The fourth-order valence-electron chi connectivity index (χ4n) is 3.23. The summed E-state index contributed by atoms with van der Waals surface area (Å²) in [6.45, 7) is 2.73. The average molecular weight is 604 g/mol. The molecule has 1 aliphatic heterocycles. The van der Waals surface area contributed by atoms with Crippen LogP contribution in [-0.2, 0) is 11.4 Å². The van der Waals surface area contributed by atoms with Gasteiger partial charge >= 0.3 is 0 Å². The standard InChI is InChI=1S/C26H20BrClN2O4S2/c1-2-33-22-13-17(5-12-21(22)34-15-16-3-8-19(27)9-4-16)14-23-25(32)30(26(35)36-23)29-24(31)18-6-10-20(28)11-7-18/h3-14H,2,15H2,1H3,(H,29,31)/b23-14+. The zero-order valence-corrected chi connectivity index (χ0v) is 23.0. The van der Waals surface area contributed by atoms with Crippen LogP contribution in [0.5, 0.6) is 11.5 Å². The number of benzene rings is 3. The molecule has 0 aromatic heterocycles. The molecule has 184 valence electrons. The van der Waals surface area contributed by atoms with E-state index in [0.717, 1.165) is 32.4 Å². The minimum Gasteiger partial charge on any atom is -0.490 e. The molecular weight excluding hydrogens is 584 g/mol. The van der Waals surface area contributed by atoms with Gasteiger partial charge in [-0.15, -0.1) is 0 Å². The van der Waals surface area contributed by atoms with Gasteiger partial charge in [0, 0.05) is 15.1 Å². The van der Waals surface area contributed by atoms with E-state index < -0.39 is 11.8 Å². The molecule has 0 radical (unpaired) electrons. The lowest BCUT2D eigenvalue weighted by atomic mass is 10.1. The van der Waals surface area contributed by atoms with Crippen LogP contribution < -0.4 is 14.9 Å². The summed E-state index contributed by atoms with van der Waals surface area (Å²) in [5.41, 5.74) is 4.67. The highest BCUT2D eigenvalue weighted by Gasteiger charge is 2.33. The predicted molar refractivity (Wildman–Crippen MR) is 150 cm³/mol. The van der Waals surface area contributed by atoms with E-state index in [1.54, 1.807) is 42.5 Å². The third kappa shape index (κ3) is 6.47. The first kappa shape index (κ1) is 26.2. The Morgan fingerprint density at radius 1 is 1.08 bits per heavy atom. The van der Waals surface area contributed by atoms with Crippen LogP contribution in [0.1, 0.15) is 28.4 Å². The van der Waals surface area contributed by atoms with Gasteiger partial charge in [-0.3, -0.25) is 15.0 Å². The lowest BCUT2D eigenvalue weighted by Crippen LogP contribution is -2.44. The molecule has 1 fully saturated rings. The summed E-state index contributed by atoms with van der Waals surface area (Å²) in [4.78, 5) is 25.9. The van der Waals surface area contributed by atoms with Gasteiger partial charge in [0.25, 0.3) is 11.8 Å². The van der Waals surface area contributed by atoms with Gasteiger partial charge in [0.2, 0.25) is 0 Å². The Bertz CT molecular complexity index is 1330. The topological polar surface area (TPSA) is 67.9 Å². The van der Waals surface area contributed by atoms with Crippen molar-refractivity contribution in [3.8, 4) is 11.5 Å². The summed E-state index contributed by atoms with van der Waals surface area (Å²) in [6.07, 6.45) is 1.70. The summed E-state index contributed by atoms with van der Waals surface area (Å²) < 4.78 is 13.0. The van der Waals surface area contributed by atoms with Crippen LogP contribution in [0.4, 0.5) is 0 Å². The lowest BCUT2D eigenvalue weighted by Gasteiger charge is -2.15. The van der Waals surface area contributed by atoms with Gasteiger partial charge in [-0.05, 0) is 84.9 Å². The Kier molecular flexibility index (Phi) is 8.68. The number of thioether (sulfide) groups is 1. The summed E-state index contributed by atoms with van der Waals surface area (Å²) in [6, 6.07) is 19.7. The van der Waals surface area contributed by atoms with E-state index in [9.17, 15) is 9.59 Å². The maximum absolute atomic E-state index is 13.0. The first-order chi connectivity index (χ1) is 17.3. The Morgan fingerprint density at radius 3 is 2.50 bits per heavy atom. The second-order valence-electron chi connectivity index (χ2n) is 7.52. The molecule has 1 saturated heterocycles. The number of hydrazine groups is 1. The molecule has 1 aliphatic rings. The van der Waals surface area contributed by atoms with E-state index in [0.29, 0.717) is 40.2 Å². The first-order valence-corrected chi connectivity index (χ1v) is 13.2. The van der Waals surface area contributed by atoms with Crippen LogP contribution in [0, 0.1) is 0 Å². The maximum atomic E-state index is 13.0. The van der Waals surface area contributed by atoms with Crippen molar-refractivity contribution in [2.24, 2.45) is 0 Å². The number of ether oxygens (including phenoxy) is 2. The Morgan fingerprint density at radius 2 is 1.81 bits per heavy atom. The fraction of sp³-hybridized carbons (Fsp3) is 0.115. The molecule has 6 nitrogen and oxygen atoms in total. The fourth-order valence-corrected chi connectivity index (χ4v) is 4.80. The molecule has 3 aromatic rings. The zero-order chi connectivity index (χ0) is 25.7. The van der Waals surface area contributed by atoms with Gasteiger partial charge in [0.1, 0.15) is 6.61 Å². The van der Waals surface area contributed by atoms with Crippen LogP contribution in [0.15, 0.2) is 76.1 Å². The molecule has 36 heavy (non-hydrogen) atoms. The van der Waals surface area contributed by atoms with Gasteiger partial charge in [0.05, 0.1) is 11.5 Å². The van der Waals surface area contributed by atoms with Crippen molar-refractivity contribution >= 4 is 73.7 Å². The number of amides is 2. The highest BCUT2D eigenvalue weighted by Crippen LogP contribution is 2.34. The monoisotopic (exact) mass is 602 g/mol. The van der Waals surface area contributed by atoms with E-state index in [2.05, 4.69) is 21.4 Å². The SMILES string of the molecule is CCOc1cc(/C=C2/SC(=S)N(NC(=O)c3ccc(Cl)cc3)C2=O)ccc1OCc1ccc(Br)cc1. The van der Waals surface area contributed by atoms with Crippen molar-refractivity contribution in [2.45, 2.75) is 13.5 Å². The number of hydrogen-bond donors (Lipinski definition) is 1. The van der Waals surface area contributed by atoms with Crippen molar-refractivity contribution in [1.82, 2.24) is 10.4 Å². The minimum atomic E-state index is -0.463. The van der Waals surface area contributed by atoms with Crippen LogP contribution in [0.2, 0.25) is 5.02 Å². The van der Waals surface area contributed by atoms with Gasteiger partial charge < -0.3 is 9.47 Å². The molecule has 3 aromatic carbocycles. The van der Waals surface area contributed by atoms with Crippen LogP contribution in [0.3, 0.4) is 0 Å². The van der Waals surface area contributed by atoms with Crippen LogP contribution in [0.25, 0.3) is 6.08 Å². The number of nitrogens with zero attached hydrogens (tertiary/aromatic N) is 1. The summed E-state index contributed by atoms with van der Waals surface area (Å²) >= 11 is 15.7. The normalized spacial score (nSPS) is 14.3. The number of halogens is 2. The molecule has 2 amide bonds. The first-order valence-electron chi connectivity index (χ1n) is 10.8. The highest BCUT2D eigenvalue weighted by molar-refractivity contribution is 9.10. The Balaban J connectivity index is 1.48. The molecule has 0 aliphatic carbocycles. The molecule has 0 spiro atoms. The average Bonchev–Trinajstić information content (AvgIpc) is 3.12. The van der Waals surface area contributed by atoms with Crippen molar-refractivity contribution in [1.29, 1.82) is 0 Å². The summed E-state index contributed by atoms with van der Waals surface area (Å²) in [5, 5.41) is 1.58. The number of thiocarbonyl (C=S) groups is 1. The molecule has 0 unspecified atom stereocenters. The summed E-state index contributed by atoms with van der Waals surface area (Å²) in [7, 11) is 0. The van der Waals surface area contributed by atoms with Crippen LogP contribution in [-0.4, -0.2) is 27.8 Å². The van der Waals surface area contributed by atoms with Crippen molar-refractivity contribution in [3.63, 3.8) is 0 Å². The molecule has 1 heterocycles. The van der Waals surface area contributed by atoms with Crippen molar-refractivity contribution < 1.29 is 19.1 Å². The predicted octanol–water partition coefficient (Wildman–Crippen LogP) is 6.63. The molecule has 4 rings (SSSR count). The number of carbonyl (C=O) groups is 2. The molecule has 0 saturated carbocycles. The largest absolute Gasteiger partial charge is 0.490 e. The molecule has 10 heteroatoms. The van der Waals surface area contributed by atoms with Gasteiger partial charge in [-0.2, -0.15) is 5.01 Å². The minimum absolute atomic E-state index is 0.230. The summed E-state index contributed by atoms with van der Waals surface area (Å²) in [5.74, 6) is 0.283. The third-order valence-corrected chi connectivity index (χ3v) is 7.07. The number of rotatable bonds is 8. The van der Waals surface area contributed by atoms with Gasteiger partial charge in [-0.1, -0.05) is 57.5 Å². The Labute approximate surface area is 231 Å². The third-order valence-electron chi connectivity index (χ3n) is 4.99. The Hall–Kier alpha value is -2.85. The van der Waals surface area contributed by atoms with E-state index in [4.69, 9.17) is 33.3 Å². The van der Waals surface area contributed by atoms with Crippen LogP contribution >= 0.6 is 51.5 Å². The molecular formula is C26H20BrClN2O4S2. The molecule has 1 N–H and O–H groups in total. The quantitative estimate of drug-likeness (QED) is 0.230. The number of nitrogens with one attached hydrogen (secondary N) is 1. The second-order valence-corrected chi connectivity index (χ2v) is 10.5. The second kappa shape index (κ2) is 11.9. The lowest BCUT2D eigenvalue weighted by molar-refractivity contribution is -0.123. The highest BCUT2D eigenvalue weighted by atomic mass is 79.9. The van der Waals surface area contributed by atoms with E-state index in [1.165, 1.54) is 0 Å². The van der Waals surface area contributed by atoms with E-state index >= 15 is 0 Å². The van der Waals surface area contributed by atoms with Gasteiger partial charge in [-0.25, -0.2) is 0 Å².